The van der Waals surface area contributed by atoms with Crippen molar-refractivity contribution in [2.24, 2.45) is 0 Å². The summed E-state index contributed by atoms with van der Waals surface area (Å²) >= 11 is 19.0. The molecule has 0 bridgehead atoms. The summed E-state index contributed by atoms with van der Waals surface area (Å²) in [5.41, 5.74) is 2.86. The molecule has 2 heterocycles. The van der Waals surface area contributed by atoms with Crippen molar-refractivity contribution >= 4 is 69.4 Å². The van der Waals surface area contributed by atoms with Crippen molar-refractivity contribution in [3.63, 3.8) is 0 Å². The predicted octanol–water partition coefficient (Wildman–Crippen LogP) is 4.94. The number of halogens is 3. The van der Waals surface area contributed by atoms with Crippen LogP contribution in [0, 0.1) is 0 Å². The van der Waals surface area contributed by atoms with Crippen LogP contribution in [-0.2, 0) is 17.8 Å². The lowest BCUT2D eigenvalue weighted by atomic mass is 9.96. The molecule has 210 valence electrons. The lowest BCUT2D eigenvalue weighted by Gasteiger charge is -2.30. The van der Waals surface area contributed by atoms with Crippen LogP contribution in [0.25, 0.3) is 10.9 Å². The van der Waals surface area contributed by atoms with Gasteiger partial charge < -0.3 is 25.6 Å². The third-order valence-corrected chi connectivity index (χ3v) is 7.88. The Morgan fingerprint density at radius 2 is 1.73 bits per heavy atom. The number of benzene rings is 3. The number of hydrogen-bond acceptors (Lipinski definition) is 4. The van der Waals surface area contributed by atoms with Crippen molar-refractivity contribution in [2.45, 2.75) is 19.0 Å². The van der Waals surface area contributed by atoms with E-state index in [4.69, 9.17) is 34.8 Å². The van der Waals surface area contributed by atoms with E-state index in [2.05, 4.69) is 15.6 Å². The Kier molecular flexibility index (Phi) is 8.21. The maximum absolute atomic E-state index is 13.2. The number of nitrogens with zero attached hydrogens (tertiary/aromatic N) is 1. The number of aliphatic carboxylic acids is 1. The molecule has 12 heteroatoms. The first-order valence-corrected chi connectivity index (χ1v) is 13.7. The van der Waals surface area contributed by atoms with Crippen LogP contribution in [0.15, 0.2) is 60.8 Å². The van der Waals surface area contributed by atoms with Crippen LogP contribution < -0.4 is 10.6 Å². The highest BCUT2D eigenvalue weighted by molar-refractivity contribution is 6.40. The van der Waals surface area contributed by atoms with E-state index in [0.717, 1.165) is 5.52 Å². The highest BCUT2D eigenvalue weighted by atomic mass is 35.5. The Hall–Kier alpha value is -4.05. The van der Waals surface area contributed by atoms with Crippen molar-refractivity contribution in [1.29, 1.82) is 0 Å². The fourth-order valence-electron chi connectivity index (χ4n) is 4.79. The average Bonchev–Trinajstić information content (AvgIpc) is 3.39. The van der Waals surface area contributed by atoms with E-state index in [1.165, 1.54) is 6.20 Å². The van der Waals surface area contributed by atoms with Crippen molar-refractivity contribution < 1.29 is 24.3 Å². The Bertz CT molecular complexity index is 1690. The fraction of sp³-hybridized carbons (Fsp3) is 0.172. The molecule has 41 heavy (non-hydrogen) atoms. The summed E-state index contributed by atoms with van der Waals surface area (Å²) in [5, 5.41) is 16.0. The highest BCUT2D eigenvalue weighted by Crippen LogP contribution is 2.35. The average molecular weight is 614 g/mol. The molecule has 1 aliphatic rings. The first-order valence-electron chi connectivity index (χ1n) is 12.6. The van der Waals surface area contributed by atoms with Crippen molar-refractivity contribution in [3.8, 4) is 0 Å². The van der Waals surface area contributed by atoms with Gasteiger partial charge in [-0.25, -0.2) is 4.79 Å². The van der Waals surface area contributed by atoms with Gasteiger partial charge in [0, 0.05) is 47.3 Å². The lowest BCUT2D eigenvalue weighted by Crippen LogP contribution is -2.48. The molecule has 0 spiro atoms. The van der Waals surface area contributed by atoms with E-state index in [0.29, 0.717) is 45.6 Å². The van der Waals surface area contributed by atoms with Crippen molar-refractivity contribution in [2.75, 3.05) is 13.1 Å². The smallest absolute Gasteiger partial charge is 0.328 e. The summed E-state index contributed by atoms with van der Waals surface area (Å²) in [6, 6.07) is 13.9. The van der Waals surface area contributed by atoms with Gasteiger partial charge in [0.1, 0.15) is 6.04 Å². The van der Waals surface area contributed by atoms with Crippen LogP contribution in [0.4, 0.5) is 0 Å². The second-order valence-electron chi connectivity index (χ2n) is 9.49. The fourth-order valence-corrected chi connectivity index (χ4v) is 5.68. The van der Waals surface area contributed by atoms with Gasteiger partial charge in [0.25, 0.3) is 17.7 Å². The number of carboxylic acids is 1. The SMILES string of the molecule is O=C(N[C@@H](CNC(=O)c1c[nH]c2ccccc12)C(=O)O)c1c(Cl)cc2c(c1Cl)CCN(C(=O)c1ccc(Cl)cc1)C2. The standard InChI is InChI=1S/C29H23Cl3N4O5/c30-17-7-5-15(6-8-17)28(39)36-10-9-18-16(14-36)11-21(31)24(25(18)32)27(38)35-23(29(40)41)13-34-26(37)20-12-33-22-4-2-1-3-19(20)22/h1-8,11-12,23,33H,9-10,13-14H2,(H,34,37)(H,35,38)(H,40,41)/t23-/m0/s1. The van der Waals surface area contributed by atoms with Crippen LogP contribution in [0.1, 0.15) is 42.2 Å². The predicted molar refractivity (Wildman–Crippen MR) is 156 cm³/mol. The molecular weight excluding hydrogens is 591 g/mol. The molecule has 0 saturated carbocycles. The van der Waals surface area contributed by atoms with Gasteiger partial charge in [-0.2, -0.15) is 0 Å². The Morgan fingerprint density at radius 3 is 2.46 bits per heavy atom. The zero-order valence-corrected chi connectivity index (χ0v) is 23.6. The summed E-state index contributed by atoms with van der Waals surface area (Å²) < 4.78 is 0. The van der Waals surface area contributed by atoms with Gasteiger partial charge in [-0.1, -0.05) is 53.0 Å². The second-order valence-corrected chi connectivity index (χ2v) is 10.7. The van der Waals surface area contributed by atoms with Crippen LogP contribution in [-0.4, -0.2) is 57.8 Å². The number of carbonyl (C=O) groups is 4. The topological polar surface area (TPSA) is 132 Å². The molecule has 0 saturated heterocycles. The zero-order valence-electron chi connectivity index (χ0n) is 21.3. The minimum Gasteiger partial charge on any atom is -0.480 e. The number of hydrogen-bond donors (Lipinski definition) is 4. The number of H-pyrrole nitrogens is 1. The molecule has 0 aliphatic carbocycles. The molecule has 9 nitrogen and oxygen atoms in total. The van der Waals surface area contributed by atoms with E-state index in [1.54, 1.807) is 47.4 Å². The highest BCUT2D eigenvalue weighted by Gasteiger charge is 2.30. The Labute approximate surface area is 249 Å². The lowest BCUT2D eigenvalue weighted by molar-refractivity contribution is -0.139. The molecule has 4 N–H and O–H groups in total. The molecule has 1 aliphatic heterocycles. The van der Waals surface area contributed by atoms with E-state index in [1.807, 2.05) is 12.1 Å². The maximum atomic E-state index is 13.2. The van der Waals surface area contributed by atoms with Gasteiger partial charge in [-0.15, -0.1) is 0 Å². The van der Waals surface area contributed by atoms with E-state index >= 15 is 0 Å². The molecular formula is C29H23Cl3N4O5. The Morgan fingerprint density at radius 1 is 1.00 bits per heavy atom. The summed E-state index contributed by atoms with van der Waals surface area (Å²) in [4.78, 5) is 55.5. The van der Waals surface area contributed by atoms with Gasteiger partial charge in [-0.05, 0) is 53.9 Å². The molecule has 3 aromatic carbocycles. The van der Waals surface area contributed by atoms with Crippen LogP contribution in [0.3, 0.4) is 0 Å². The van der Waals surface area contributed by atoms with Crippen LogP contribution in [0.5, 0.6) is 0 Å². The summed E-state index contributed by atoms with van der Waals surface area (Å²) in [6.45, 7) is 0.214. The Balaban J connectivity index is 1.29. The van der Waals surface area contributed by atoms with Crippen LogP contribution in [0.2, 0.25) is 15.1 Å². The number of aromatic amines is 1. The van der Waals surface area contributed by atoms with Crippen molar-refractivity contribution in [3.05, 3.63) is 104 Å². The van der Waals surface area contributed by atoms with Gasteiger partial charge in [0.05, 0.1) is 21.2 Å². The number of fused-ring (bicyclic) bond motifs is 2. The van der Waals surface area contributed by atoms with Gasteiger partial charge in [0.2, 0.25) is 0 Å². The van der Waals surface area contributed by atoms with Crippen LogP contribution >= 0.6 is 34.8 Å². The van der Waals surface area contributed by atoms with Gasteiger partial charge in [0.15, 0.2) is 0 Å². The molecule has 1 atom stereocenters. The molecule has 5 rings (SSSR count). The monoisotopic (exact) mass is 612 g/mol. The molecule has 1 aromatic heterocycles. The van der Waals surface area contributed by atoms with E-state index in [9.17, 15) is 24.3 Å². The first kappa shape index (κ1) is 28.5. The first-order chi connectivity index (χ1) is 19.6. The third kappa shape index (κ3) is 5.88. The zero-order chi connectivity index (χ0) is 29.3. The molecule has 3 amide bonds. The molecule has 0 unspecified atom stereocenters. The normalized spacial score (nSPS) is 13.4. The number of nitrogens with one attached hydrogen (secondary N) is 3. The second kappa shape index (κ2) is 11.8. The van der Waals surface area contributed by atoms with Gasteiger partial charge in [-0.3, -0.25) is 14.4 Å². The minimum absolute atomic E-state index is 0.0130. The summed E-state index contributed by atoms with van der Waals surface area (Å²) in [7, 11) is 0. The quantitative estimate of drug-likeness (QED) is 0.235. The summed E-state index contributed by atoms with van der Waals surface area (Å²) in [6.07, 6.45) is 1.90. The van der Waals surface area contributed by atoms with Crippen molar-refractivity contribution in [1.82, 2.24) is 20.5 Å². The number of carboxylic acid groups (broad SMARTS) is 1. The summed E-state index contributed by atoms with van der Waals surface area (Å²) in [5.74, 6) is -2.82. The largest absolute Gasteiger partial charge is 0.480 e. The minimum atomic E-state index is -1.45. The third-order valence-electron chi connectivity index (χ3n) is 6.91. The number of aromatic nitrogens is 1. The molecule has 4 aromatic rings. The molecule has 0 fully saturated rings. The van der Waals surface area contributed by atoms with E-state index < -0.39 is 23.8 Å². The number of carbonyl (C=O) groups excluding carboxylic acids is 3. The number of rotatable bonds is 7. The maximum Gasteiger partial charge on any atom is 0.328 e. The number of amides is 3. The number of para-hydroxylation sites is 1. The van der Waals surface area contributed by atoms with Gasteiger partial charge >= 0.3 is 5.97 Å². The van der Waals surface area contributed by atoms with E-state index in [-0.39, 0.29) is 34.6 Å². The molecule has 0 radical (unpaired) electrons.